The fourth-order valence-corrected chi connectivity index (χ4v) is 2.83. The van der Waals surface area contributed by atoms with Crippen LogP contribution in [0.3, 0.4) is 0 Å². The Morgan fingerprint density at radius 3 is 2.44 bits per heavy atom. The van der Waals surface area contributed by atoms with Crippen molar-refractivity contribution >= 4 is 12.1 Å². The molecule has 132 valence electrons. The molecule has 25 heavy (non-hydrogen) atoms. The van der Waals surface area contributed by atoms with E-state index in [-0.39, 0.29) is 12.5 Å². The number of ether oxygens (including phenoxy) is 1. The van der Waals surface area contributed by atoms with Crippen LogP contribution >= 0.6 is 0 Å². The van der Waals surface area contributed by atoms with Crippen molar-refractivity contribution in [1.82, 2.24) is 5.43 Å². The molecule has 0 bridgehead atoms. The highest BCUT2D eigenvalue weighted by Crippen LogP contribution is 2.25. The highest BCUT2D eigenvalue weighted by molar-refractivity contribution is 5.85. The van der Waals surface area contributed by atoms with Gasteiger partial charge in [-0.05, 0) is 49.4 Å². The zero-order valence-corrected chi connectivity index (χ0v) is 15.6. The van der Waals surface area contributed by atoms with Crippen molar-refractivity contribution in [1.29, 1.82) is 0 Å². The molecule has 0 atom stereocenters. The largest absolute Gasteiger partial charge is 0.483 e. The van der Waals surface area contributed by atoms with Crippen LogP contribution in [0.1, 0.15) is 47.6 Å². The van der Waals surface area contributed by atoms with Crippen molar-refractivity contribution in [2.45, 2.75) is 40.5 Å². The number of carbonyl (C=O) groups is 1. The van der Waals surface area contributed by atoms with Crippen molar-refractivity contribution in [2.75, 3.05) is 6.61 Å². The molecule has 0 aliphatic rings. The first-order valence-electron chi connectivity index (χ1n) is 8.50. The number of benzene rings is 2. The van der Waals surface area contributed by atoms with Gasteiger partial charge >= 0.3 is 0 Å². The average molecular weight is 338 g/mol. The van der Waals surface area contributed by atoms with Crippen LogP contribution in [-0.4, -0.2) is 18.7 Å². The number of aryl methyl sites for hydroxylation is 3. The lowest BCUT2D eigenvalue weighted by molar-refractivity contribution is -0.123. The normalized spacial score (nSPS) is 11.1. The summed E-state index contributed by atoms with van der Waals surface area (Å²) in [7, 11) is 0. The second-order valence-corrected chi connectivity index (χ2v) is 6.59. The van der Waals surface area contributed by atoms with Crippen LogP contribution in [0.25, 0.3) is 0 Å². The smallest absolute Gasteiger partial charge is 0.277 e. The Labute approximate surface area is 149 Å². The number of para-hydroxylation sites is 1. The van der Waals surface area contributed by atoms with E-state index in [1.54, 1.807) is 6.21 Å². The highest BCUT2D eigenvalue weighted by Gasteiger charge is 2.09. The van der Waals surface area contributed by atoms with E-state index >= 15 is 0 Å². The Kier molecular flexibility index (Phi) is 6.34. The zero-order valence-electron chi connectivity index (χ0n) is 15.6. The third-order valence-electron chi connectivity index (χ3n) is 4.02. The molecule has 0 aliphatic heterocycles. The van der Waals surface area contributed by atoms with E-state index in [1.807, 2.05) is 38.1 Å². The Hall–Kier alpha value is -2.62. The molecule has 0 aliphatic carbocycles. The van der Waals surface area contributed by atoms with Crippen LogP contribution < -0.4 is 10.2 Å². The summed E-state index contributed by atoms with van der Waals surface area (Å²) >= 11 is 0. The number of hydrogen-bond donors (Lipinski definition) is 1. The van der Waals surface area contributed by atoms with Gasteiger partial charge < -0.3 is 4.74 Å². The number of amides is 1. The summed E-state index contributed by atoms with van der Waals surface area (Å²) in [5, 5.41) is 4.06. The molecule has 1 amide bonds. The summed E-state index contributed by atoms with van der Waals surface area (Å²) in [5.74, 6) is 0.795. The summed E-state index contributed by atoms with van der Waals surface area (Å²) in [6, 6.07) is 12.0. The monoisotopic (exact) mass is 338 g/mol. The maximum absolute atomic E-state index is 12.0. The maximum atomic E-state index is 12.0. The lowest BCUT2D eigenvalue weighted by Crippen LogP contribution is -2.25. The van der Waals surface area contributed by atoms with E-state index in [0.717, 1.165) is 28.0 Å². The summed E-state index contributed by atoms with van der Waals surface area (Å²) in [5.41, 5.74) is 8.13. The van der Waals surface area contributed by atoms with Gasteiger partial charge in [0, 0.05) is 5.56 Å². The molecule has 0 spiro atoms. The van der Waals surface area contributed by atoms with E-state index < -0.39 is 0 Å². The van der Waals surface area contributed by atoms with Crippen molar-refractivity contribution in [3.63, 3.8) is 0 Å². The quantitative estimate of drug-likeness (QED) is 0.632. The van der Waals surface area contributed by atoms with Gasteiger partial charge in [-0.2, -0.15) is 5.10 Å². The minimum absolute atomic E-state index is 0.0626. The Morgan fingerprint density at radius 1 is 1.16 bits per heavy atom. The molecule has 2 rings (SSSR count). The average Bonchev–Trinajstić information content (AvgIpc) is 2.55. The molecule has 0 unspecified atom stereocenters. The van der Waals surface area contributed by atoms with E-state index in [2.05, 4.69) is 43.4 Å². The molecular weight excluding hydrogens is 312 g/mol. The Morgan fingerprint density at radius 2 is 1.80 bits per heavy atom. The first kappa shape index (κ1) is 18.7. The van der Waals surface area contributed by atoms with E-state index in [0.29, 0.717) is 5.92 Å². The second-order valence-electron chi connectivity index (χ2n) is 6.59. The minimum atomic E-state index is -0.280. The molecule has 4 nitrogen and oxygen atoms in total. The predicted octanol–water partition coefficient (Wildman–Crippen LogP) is 4.26. The molecule has 1 N–H and O–H groups in total. The van der Waals surface area contributed by atoms with Gasteiger partial charge in [-0.3, -0.25) is 4.79 Å². The topological polar surface area (TPSA) is 50.7 Å². The Balaban J connectivity index is 1.94. The van der Waals surface area contributed by atoms with Crippen LogP contribution in [0.2, 0.25) is 0 Å². The SMILES string of the molecule is Cc1cc(C)c(/C=N/NC(=O)COc2ccccc2C(C)C)c(C)c1. The first-order valence-corrected chi connectivity index (χ1v) is 8.50. The van der Waals surface area contributed by atoms with Crippen LogP contribution in [0.5, 0.6) is 5.75 Å². The van der Waals surface area contributed by atoms with Gasteiger partial charge in [0.1, 0.15) is 5.75 Å². The summed E-state index contributed by atoms with van der Waals surface area (Å²) < 4.78 is 5.64. The number of rotatable bonds is 6. The van der Waals surface area contributed by atoms with Crippen LogP contribution in [0, 0.1) is 20.8 Å². The van der Waals surface area contributed by atoms with Gasteiger partial charge in [0.2, 0.25) is 0 Å². The van der Waals surface area contributed by atoms with Gasteiger partial charge in [-0.25, -0.2) is 5.43 Å². The molecule has 2 aromatic rings. The minimum Gasteiger partial charge on any atom is -0.483 e. The fraction of sp³-hybridized carbons (Fsp3) is 0.333. The summed E-state index contributed by atoms with van der Waals surface area (Å²) in [4.78, 5) is 12.0. The van der Waals surface area contributed by atoms with Gasteiger partial charge in [0.05, 0.1) is 6.21 Å². The number of nitrogens with zero attached hydrogens (tertiary/aromatic N) is 1. The fourth-order valence-electron chi connectivity index (χ4n) is 2.83. The summed E-state index contributed by atoms with van der Waals surface area (Å²) in [6.45, 7) is 10.3. The molecule has 2 aromatic carbocycles. The Bertz CT molecular complexity index is 756. The zero-order chi connectivity index (χ0) is 18.4. The standard InChI is InChI=1S/C21H26N2O2/c1-14(2)18-8-6-7-9-20(18)25-13-21(24)23-22-12-19-16(4)10-15(3)11-17(19)5/h6-12,14H,13H2,1-5H3,(H,23,24)/b22-12+. The number of nitrogens with one attached hydrogen (secondary N) is 1. The van der Waals surface area contributed by atoms with E-state index in [9.17, 15) is 4.79 Å². The third kappa shape index (κ3) is 5.18. The molecule has 0 saturated carbocycles. The maximum Gasteiger partial charge on any atom is 0.277 e. The van der Waals surface area contributed by atoms with Gasteiger partial charge in [-0.1, -0.05) is 49.7 Å². The number of hydrogen-bond acceptors (Lipinski definition) is 3. The van der Waals surface area contributed by atoms with E-state index in [1.165, 1.54) is 5.56 Å². The molecular formula is C21H26N2O2. The van der Waals surface area contributed by atoms with Crippen molar-refractivity contribution in [2.24, 2.45) is 5.10 Å². The third-order valence-corrected chi connectivity index (χ3v) is 4.02. The second kappa shape index (κ2) is 8.47. The summed E-state index contributed by atoms with van der Waals surface area (Å²) in [6.07, 6.45) is 1.68. The van der Waals surface area contributed by atoms with Gasteiger partial charge in [-0.15, -0.1) is 0 Å². The number of carbonyl (C=O) groups excluding carboxylic acids is 1. The van der Waals surface area contributed by atoms with Crippen molar-refractivity contribution < 1.29 is 9.53 Å². The van der Waals surface area contributed by atoms with Crippen molar-refractivity contribution in [3.05, 3.63) is 64.2 Å². The van der Waals surface area contributed by atoms with Gasteiger partial charge in [0.25, 0.3) is 5.91 Å². The van der Waals surface area contributed by atoms with Gasteiger partial charge in [0.15, 0.2) is 6.61 Å². The predicted molar refractivity (Wildman–Crippen MR) is 102 cm³/mol. The molecule has 4 heteroatoms. The molecule has 0 fully saturated rings. The molecule has 0 radical (unpaired) electrons. The lowest BCUT2D eigenvalue weighted by Gasteiger charge is -2.13. The van der Waals surface area contributed by atoms with Crippen molar-refractivity contribution in [3.8, 4) is 5.75 Å². The number of hydrazone groups is 1. The molecule has 0 aromatic heterocycles. The first-order chi connectivity index (χ1) is 11.9. The van der Waals surface area contributed by atoms with Crippen LogP contribution in [0.4, 0.5) is 0 Å². The molecule has 0 saturated heterocycles. The highest BCUT2D eigenvalue weighted by atomic mass is 16.5. The van der Waals surface area contributed by atoms with E-state index in [4.69, 9.17) is 4.74 Å². The lowest BCUT2D eigenvalue weighted by atomic mass is 10.0. The van der Waals surface area contributed by atoms with Crippen LogP contribution in [0.15, 0.2) is 41.5 Å². The molecule has 0 heterocycles. The van der Waals surface area contributed by atoms with Crippen LogP contribution in [-0.2, 0) is 4.79 Å².